The number of nitrogens with one attached hydrogen (secondary N) is 1. The summed E-state index contributed by atoms with van der Waals surface area (Å²) in [5.41, 5.74) is 0.817. The summed E-state index contributed by atoms with van der Waals surface area (Å²) in [4.78, 5) is 10.3. The number of rotatable bonds is 4. The van der Waals surface area contributed by atoms with Crippen molar-refractivity contribution in [2.75, 3.05) is 18.5 Å². The number of nitro groups is 1. The zero-order valence-corrected chi connectivity index (χ0v) is 10.8. The van der Waals surface area contributed by atoms with Gasteiger partial charge >= 0.3 is 0 Å². The number of nitrogens with zero attached hydrogens (tertiary/aromatic N) is 1. The van der Waals surface area contributed by atoms with Gasteiger partial charge < -0.3 is 10.1 Å². The maximum absolute atomic E-state index is 10.7. The van der Waals surface area contributed by atoms with Crippen molar-refractivity contribution < 1.29 is 9.66 Å². The molecule has 6 heteroatoms. The summed E-state index contributed by atoms with van der Waals surface area (Å²) >= 11 is 3.36. The van der Waals surface area contributed by atoms with Crippen LogP contribution >= 0.6 is 15.9 Å². The summed E-state index contributed by atoms with van der Waals surface area (Å²) in [5.74, 6) is 0. The van der Waals surface area contributed by atoms with Crippen LogP contribution in [0.1, 0.15) is 12.8 Å². The van der Waals surface area contributed by atoms with Crippen LogP contribution < -0.4 is 5.32 Å². The van der Waals surface area contributed by atoms with Crippen molar-refractivity contribution in [1.29, 1.82) is 0 Å². The quantitative estimate of drug-likeness (QED) is 0.686. The van der Waals surface area contributed by atoms with Crippen molar-refractivity contribution in [1.82, 2.24) is 0 Å². The molecule has 17 heavy (non-hydrogen) atoms. The van der Waals surface area contributed by atoms with E-state index in [0.29, 0.717) is 6.54 Å². The number of ether oxygens (including phenoxy) is 1. The molecule has 1 saturated heterocycles. The molecule has 0 radical (unpaired) electrons. The topological polar surface area (TPSA) is 64.4 Å². The van der Waals surface area contributed by atoms with Crippen LogP contribution in [-0.4, -0.2) is 24.2 Å². The number of anilines is 1. The zero-order chi connectivity index (χ0) is 12.3. The molecular weight excluding hydrogens is 288 g/mol. The van der Waals surface area contributed by atoms with Gasteiger partial charge in [0.1, 0.15) is 0 Å². The van der Waals surface area contributed by atoms with E-state index < -0.39 is 4.92 Å². The van der Waals surface area contributed by atoms with Crippen molar-refractivity contribution in [3.05, 3.63) is 32.8 Å². The SMILES string of the molecule is O=[N+]([O-])c1ccc(Br)c(NCC2CCCO2)c1. The molecule has 1 aromatic rings. The molecule has 0 amide bonds. The zero-order valence-electron chi connectivity index (χ0n) is 9.19. The average Bonchev–Trinajstić information content (AvgIpc) is 2.80. The van der Waals surface area contributed by atoms with Gasteiger partial charge in [-0.1, -0.05) is 0 Å². The molecule has 1 atom stereocenters. The van der Waals surface area contributed by atoms with E-state index in [1.54, 1.807) is 6.07 Å². The predicted octanol–water partition coefficient (Wildman–Crippen LogP) is 2.95. The van der Waals surface area contributed by atoms with Crippen LogP contribution in [0.4, 0.5) is 11.4 Å². The number of non-ortho nitro benzene ring substituents is 1. The first kappa shape index (κ1) is 12.3. The second-order valence-corrected chi connectivity index (χ2v) is 4.79. The highest BCUT2D eigenvalue weighted by Crippen LogP contribution is 2.27. The minimum Gasteiger partial charge on any atom is -0.381 e. The van der Waals surface area contributed by atoms with Gasteiger partial charge in [0.25, 0.3) is 5.69 Å². The van der Waals surface area contributed by atoms with Crippen LogP contribution in [-0.2, 0) is 4.74 Å². The monoisotopic (exact) mass is 300 g/mol. The molecule has 92 valence electrons. The molecule has 1 aliphatic rings. The Labute approximate surface area is 107 Å². The molecule has 1 fully saturated rings. The Morgan fingerprint density at radius 3 is 3.06 bits per heavy atom. The van der Waals surface area contributed by atoms with E-state index in [9.17, 15) is 10.1 Å². The van der Waals surface area contributed by atoms with Gasteiger partial charge in [-0.2, -0.15) is 0 Å². The molecule has 1 aromatic carbocycles. The van der Waals surface area contributed by atoms with E-state index >= 15 is 0 Å². The van der Waals surface area contributed by atoms with Gasteiger partial charge in [0.15, 0.2) is 0 Å². The molecule has 1 aliphatic heterocycles. The Kier molecular flexibility index (Phi) is 3.96. The fraction of sp³-hybridized carbons (Fsp3) is 0.455. The molecule has 5 nitrogen and oxygen atoms in total. The largest absolute Gasteiger partial charge is 0.381 e. The van der Waals surface area contributed by atoms with Crippen LogP contribution in [0.15, 0.2) is 22.7 Å². The average molecular weight is 301 g/mol. The van der Waals surface area contributed by atoms with E-state index in [-0.39, 0.29) is 11.8 Å². The number of hydrogen-bond acceptors (Lipinski definition) is 4. The third-order valence-electron chi connectivity index (χ3n) is 2.70. The lowest BCUT2D eigenvalue weighted by atomic mass is 10.2. The third-order valence-corrected chi connectivity index (χ3v) is 3.40. The number of halogens is 1. The molecule has 0 aliphatic carbocycles. The molecule has 0 bridgehead atoms. The Balaban J connectivity index is 2.03. The highest BCUT2D eigenvalue weighted by Gasteiger charge is 2.16. The first-order valence-corrected chi connectivity index (χ1v) is 6.25. The van der Waals surface area contributed by atoms with Gasteiger partial charge in [-0.15, -0.1) is 0 Å². The molecule has 1 unspecified atom stereocenters. The number of benzene rings is 1. The molecule has 1 heterocycles. The fourth-order valence-corrected chi connectivity index (χ4v) is 2.18. The Morgan fingerprint density at radius 1 is 1.59 bits per heavy atom. The van der Waals surface area contributed by atoms with Gasteiger partial charge in [0.05, 0.1) is 16.7 Å². The second-order valence-electron chi connectivity index (χ2n) is 3.94. The fourth-order valence-electron chi connectivity index (χ4n) is 1.79. The Hall–Kier alpha value is -1.14. The summed E-state index contributed by atoms with van der Waals surface area (Å²) in [6.07, 6.45) is 2.34. The van der Waals surface area contributed by atoms with Crippen LogP contribution in [0.5, 0.6) is 0 Å². The van der Waals surface area contributed by atoms with Gasteiger partial charge in [-0.25, -0.2) is 0 Å². The third kappa shape index (κ3) is 3.17. The van der Waals surface area contributed by atoms with Crippen molar-refractivity contribution in [3.8, 4) is 0 Å². The number of nitro benzene ring substituents is 1. The maximum atomic E-state index is 10.7. The van der Waals surface area contributed by atoms with Gasteiger partial charge in [-0.05, 0) is 34.8 Å². The summed E-state index contributed by atoms with van der Waals surface area (Å²) in [6, 6.07) is 4.68. The summed E-state index contributed by atoms with van der Waals surface area (Å²) in [7, 11) is 0. The lowest BCUT2D eigenvalue weighted by molar-refractivity contribution is -0.384. The highest BCUT2D eigenvalue weighted by atomic mass is 79.9. The van der Waals surface area contributed by atoms with E-state index in [1.807, 2.05) is 0 Å². The first-order valence-electron chi connectivity index (χ1n) is 5.46. The minimum atomic E-state index is -0.399. The lowest BCUT2D eigenvalue weighted by Crippen LogP contribution is -2.18. The van der Waals surface area contributed by atoms with Gasteiger partial charge in [-0.3, -0.25) is 10.1 Å². The van der Waals surface area contributed by atoms with Crippen LogP contribution in [0, 0.1) is 10.1 Å². The standard InChI is InChI=1S/C11H13BrN2O3/c12-10-4-3-8(14(15)16)6-11(10)13-7-9-2-1-5-17-9/h3-4,6,9,13H,1-2,5,7H2. The van der Waals surface area contributed by atoms with E-state index in [4.69, 9.17) is 4.74 Å². The van der Waals surface area contributed by atoms with Crippen LogP contribution in [0.25, 0.3) is 0 Å². The Morgan fingerprint density at radius 2 is 2.41 bits per heavy atom. The summed E-state index contributed by atoms with van der Waals surface area (Å²) < 4.78 is 6.30. The normalized spacial score (nSPS) is 19.2. The van der Waals surface area contributed by atoms with E-state index in [0.717, 1.165) is 29.6 Å². The first-order chi connectivity index (χ1) is 8.16. The van der Waals surface area contributed by atoms with E-state index in [1.165, 1.54) is 12.1 Å². The van der Waals surface area contributed by atoms with E-state index in [2.05, 4.69) is 21.2 Å². The predicted molar refractivity (Wildman–Crippen MR) is 68.3 cm³/mol. The summed E-state index contributed by atoms with van der Waals surface area (Å²) in [5, 5.41) is 13.8. The molecule has 0 aromatic heterocycles. The van der Waals surface area contributed by atoms with Crippen molar-refractivity contribution in [2.24, 2.45) is 0 Å². The molecule has 0 saturated carbocycles. The highest BCUT2D eigenvalue weighted by molar-refractivity contribution is 9.10. The van der Waals surface area contributed by atoms with Gasteiger partial charge in [0, 0.05) is 29.8 Å². The molecule has 2 rings (SSSR count). The Bertz CT molecular complexity index is 419. The van der Waals surface area contributed by atoms with Crippen LogP contribution in [0.2, 0.25) is 0 Å². The van der Waals surface area contributed by atoms with Crippen LogP contribution in [0.3, 0.4) is 0 Å². The minimum absolute atomic E-state index is 0.0861. The summed E-state index contributed by atoms with van der Waals surface area (Å²) in [6.45, 7) is 1.49. The van der Waals surface area contributed by atoms with Crippen molar-refractivity contribution >= 4 is 27.3 Å². The molecular formula is C11H13BrN2O3. The maximum Gasteiger partial charge on any atom is 0.271 e. The van der Waals surface area contributed by atoms with Crippen molar-refractivity contribution in [3.63, 3.8) is 0 Å². The second kappa shape index (κ2) is 5.46. The van der Waals surface area contributed by atoms with Crippen molar-refractivity contribution in [2.45, 2.75) is 18.9 Å². The molecule has 0 spiro atoms. The number of hydrogen-bond donors (Lipinski definition) is 1. The van der Waals surface area contributed by atoms with Gasteiger partial charge in [0.2, 0.25) is 0 Å². The lowest BCUT2D eigenvalue weighted by Gasteiger charge is -2.12. The smallest absolute Gasteiger partial charge is 0.271 e. The molecule has 1 N–H and O–H groups in total.